The molecule has 0 unspecified atom stereocenters. The molecule has 0 radical (unpaired) electrons. The van der Waals surface area contributed by atoms with Gasteiger partial charge in [0.25, 0.3) is 0 Å². The lowest BCUT2D eigenvalue weighted by molar-refractivity contribution is 0.581. The fourth-order valence-electron chi connectivity index (χ4n) is 3.08. The fourth-order valence-corrected chi connectivity index (χ4v) is 4.35. The molecule has 0 aliphatic carbocycles. The Labute approximate surface area is 184 Å². The predicted octanol–water partition coefficient (Wildman–Crippen LogP) is 5.09. The maximum absolute atomic E-state index is 12.7. The van der Waals surface area contributed by atoms with Crippen molar-refractivity contribution >= 4 is 26.0 Å². The lowest BCUT2D eigenvalue weighted by Gasteiger charge is -2.07. The first-order valence-electron chi connectivity index (χ1n) is 9.39. The maximum atomic E-state index is 12.7. The van der Waals surface area contributed by atoms with Gasteiger partial charge in [0, 0.05) is 28.3 Å². The lowest BCUT2D eigenvalue weighted by Crippen LogP contribution is -2.23. The van der Waals surface area contributed by atoms with Crippen LogP contribution in [0.25, 0.3) is 16.9 Å². The first kappa shape index (κ1) is 20.5. The number of benzene rings is 3. The molecule has 4 rings (SSSR count). The van der Waals surface area contributed by atoms with Gasteiger partial charge in [0.05, 0.1) is 16.3 Å². The zero-order valence-electron chi connectivity index (χ0n) is 16.3. The van der Waals surface area contributed by atoms with Crippen LogP contribution in [0.15, 0.2) is 94.4 Å². The summed E-state index contributed by atoms with van der Waals surface area (Å²) in [5, 5.41) is 4.73. The van der Waals surface area contributed by atoms with Gasteiger partial charge < -0.3 is 0 Å². The molecule has 4 aromatic rings. The Bertz CT molecular complexity index is 1250. The van der Waals surface area contributed by atoms with Gasteiger partial charge >= 0.3 is 0 Å². The van der Waals surface area contributed by atoms with Crippen LogP contribution < -0.4 is 4.72 Å². The molecular formula is C23H20BrN3O2S. The molecular weight excluding hydrogens is 462 g/mol. The van der Waals surface area contributed by atoms with Crippen LogP contribution >= 0.6 is 15.9 Å². The van der Waals surface area contributed by atoms with Gasteiger partial charge in [-0.3, -0.25) is 0 Å². The zero-order chi connectivity index (χ0) is 21.1. The number of sulfonamides is 1. The van der Waals surface area contributed by atoms with Crippen LogP contribution in [0.5, 0.6) is 0 Å². The summed E-state index contributed by atoms with van der Waals surface area (Å²) in [5.41, 5.74) is 4.35. The molecule has 3 aromatic carbocycles. The smallest absolute Gasteiger partial charge is 0.240 e. The van der Waals surface area contributed by atoms with Crippen molar-refractivity contribution in [3.05, 3.63) is 101 Å². The molecule has 0 amide bonds. The summed E-state index contributed by atoms with van der Waals surface area (Å²) < 4.78 is 30.9. The van der Waals surface area contributed by atoms with Gasteiger partial charge in [0.1, 0.15) is 0 Å². The molecule has 0 atom stereocenters. The van der Waals surface area contributed by atoms with Crippen molar-refractivity contribution in [1.29, 1.82) is 0 Å². The van der Waals surface area contributed by atoms with E-state index in [1.807, 2.05) is 67.7 Å². The van der Waals surface area contributed by atoms with Crippen molar-refractivity contribution in [3.8, 4) is 16.9 Å². The second-order valence-corrected chi connectivity index (χ2v) is 9.61. The van der Waals surface area contributed by atoms with E-state index in [9.17, 15) is 8.42 Å². The molecule has 7 heteroatoms. The molecule has 0 saturated heterocycles. The van der Waals surface area contributed by atoms with Gasteiger partial charge in [-0.25, -0.2) is 17.8 Å². The third-order valence-electron chi connectivity index (χ3n) is 4.71. The van der Waals surface area contributed by atoms with Gasteiger partial charge in [0.15, 0.2) is 0 Å². The summed E-state index contributed by atoms with van der Waals surface area (Å²) >= 11 is 3.45. The van der Waals surface area contributed by atoms with E-state index in [-0.39, 0.29) is 11.4 Å². The average molecular weight is 482 g/mol. The minimum Gasteiger partial charge on any atom is -0.240 e. The third-order valence-corrected chi connectivity index (χ3v) is 6.66. The molecule has 1 N–H and O–H groups in total. The average Bonchev–Trinajstić information content (AvgIpc) is 3.18. The second kappa shape index (κ2) is 8.55. The number of hydrogen-bond acceptors (Lipinski definition) is 3. The monoisotopic (exact) mass is 481 g/mol. The molecule has 0 saturated carbocycles. The van der Waals surface area contributed by atoms with E-state index >= 15 is 0 Å². The highest BCUT2D eigenvalue weighted by Gasteiger charge is 2.17. The molecule has 152 valence electrons. The zero-order valence-corrected chi connectivity index (χ0v) is 18.7. The summed E-state index contributed by atoms with van der Waals surface area (Å²) in [6.07, 6.45) is 1.87. The van der Waals surface area contributed by atoms with E-state index in [1.54, 1.807) is 28.9 Å². The third kappa shape index (κ3) is 4.53. The Morgan fingerprint density at radius 2 is 1.60 bits per heavy atom. The highest BCUT2D eigenvalue weighted by molar-refractivity contribution is 9.10. The van der Waals surface area contributed by atoms with Crippen LogP contribution in [-0.4, -0.2) is 18.2 Å². The van der Waals surface area contributed by atoms with Gasteiger partial charge in [0.2, 0.25) is 10.0 Å². The Balaban J connectivity index is 1.68. The Morgan fingerprint density at radius 3 is 2.27 bits per heavy atom. The number of aryl methyl sites for hydroxylation is 1. The van der Waals surface area contributed by atoms with Crippen molar-refractivity contribution in [3.63, 3.8) is 0 Å². The lowest BCUT2D eigenvalue weighted by atomic mass is 10.1. The molecule has 0 bridgehead atoms. The maximum Gasteiger partial charge on any atom is 0.240 e. The molecule has 30 heavy (non-hydrogen) atoms. The first-order chi connectivity index (χ1) is 14.4. The molecule has 0 aliphatic heterocycles. The van der Waals surface area contributed by atoms with Gasteiger partial charge in [-0.2, -0.15) is 5.10 Å². The number of hydrogen-bond donors (Lipinski definition) is 1. The minimum atomic E-state index is -3.63. The minimum absolute atomic E-state index is 0.133. The number of para-hydroxylation sites is 1. The summed E-state index contributed by atoms with van der Waals surface area (Å²) in [7, 11) is -3.63. The molecule has 0 spiro atoms. The van der Waals surface area contributed by atoms with E-state index in [0.717, 1.165) is 32.5 Å². The SMILES string of the molecule is Cc1ccc(S(=O)(=O)NCc2cn(-c3ccccc3)nc2-c2ccc(Br)cc2)cc1. The molecule has 0 fully saturated rings. The number of halogens is 1. The number of nitrogens with one attached hydrogen (secondary N) is 1. The van der Waals surface area contributed by atoms with Crippen LogP contribution in [0.1, 0.15) is 11.1 Å². The van der Waals surface area contributed by atoms with E-state index < -0.39 is 10.0 Å². The molecule has 0 aliphatic rings. The van der Waals surface area contributed by atoms with Crippen molar-refractivity contribution in [2.75, 3.05) is 0 Å². The Kier molecular flexibility index (Phi) is 5.85. The van der Waals surface area contributed by atoms with Crippen LogP contribution in [0.4, 0.5) is 0 Å². The number of nitrogens with zero attached hydrogens (tertiary/aromatic N) is 2. The van der Waals surface area contributed by atoms with Crippen LogP contribution in [0.3, 0.4) is 0 Å². The standard InChI is InChI=1S/C23H20BrN3O2S/c1-17-7-13-22(14-8-17)30(28,29)25-15-19-16-27(21-5-3-2-4-6-21)26-23(19)18-9-11-20(24)12-10-18/h2-14,16,25H,15H2,1H3. The summed E-state index contributed by atoms with van der Waals surface area (Å²) in [6.45, 7) is 2.06. The molecule has 1 heterocycles. The second-order valence-electron chi connectivity index (χ2n) is 6.93. The molecule has 1 aromatic heterocycles. The quantitative estimate of drug-likeness (QED) is 0.417. The highest BCUT2D eigenvalue weighted by atomic mass is 79.9. The first-order valence-corrected chi connectivity index (χ1v) is 11.7. The summed E-state index contributed by atoms with van der Waals surface area (Å²) in [4.78, 5) is 0.244. The van der Waals surface area contributed by atoms with E-state index in [0.29, 0.717) is 0 Å². The fraction of sp³-hybridized carbons (Fsp3) is 0.0870. The van der Waals surface area contributed by atoms with Crippen molar-refractivity contribution in [1.82, 2.24) is 14.5 Å². The Morgan fingerprint density at radius 1 is 0.933 bits per heavy atom. The van der Waals surface area contributed by atoms with Crippen molar-refractivity contribution < 1.29 is 8.42 Å². The topological polar surface area (TPSA) is 64.0 Å². The van der Waals surface area contributed by atoms with E-state index in [2.05, 4.69) is 20.7 Å². The number of rotatable bonds is 6. The summed E-state index contributed by atoms with van der Waals surface area (Å²) in [6, 6.07) is 24.3. The van der Waals surface area contributed by atoms with Crippen LogP contribution in [0.2, 0.25) is 0 Å². The van der Waals surface area contributed by atoms with Crippen molar-refractivity contribution in [2.45, 2.75) is 18.4 Å². The normalized spacial score (nSPS) is 11.5. The van der Waals surface area contributed by atoms with E-state index in [1.165, 1.54) is 0 Å². The Hall–Kier alpha value is -2.74. The van der Waals surface area contributed by atoms with Crippen LogP contribution in [0, 0.1) is 6.92 Å². The molecule has 5 nitrogen and oxygen atoms in total. The highest BCUT2D eigenvalue weighted by Crippen LogP contribution is 2.26. The van der Waals surface area contributed by atoms with Gasteiger partial charge in [-0.05, 0) is 43.3 Å². The predicted molar refractivity (Wildman–Crippen MR) is 122 cm³/mol. The van der Waals surface area contributed by atoms with Crippen molar-refractivity contribution in [2.24, 2.45) is 0 Å². The number of aromatic nitrogens is 2. The van der Waals surface area contributed by atoms with Crippen LogP contribution in [-0.2, 0) is 16.6 Å². The van der Waals surface area contributed by atoms with Gasteiger partial charge in [-0.15, -0.1) is 0 Å². The van der Waals surface area contributed by atoms with E-state index in [4.69, 9.17) is 5.10 Å². The largest absolute Gasteiger partial charge is 0.240 e. The summed E-state index contributed by atoms with van der Waals surface area (Å²) in [5.74, 6) is 0. The van der Waals surface area contributed by atoms with Gasteiger partial charge in [-0.1, -0.05) is 64.0 Å².